The third-order valence-electron chi connectivity index (χ3n) is 0.737. The van der Waals surface area contributed by atoms with Crippen LogP contribution >= 0.6 is 0 Å². The molecule has 0 bridgehead atoms. The maximum absolute atomic E-state index is 7.93. The SMILES string of the molecule is CC#CC(O)O.CC(C)OOOC(C)C. The second-order valence-electron chi connectivity index (χ2n) is 3.13. The van der Waals surface area contributed by atoms with E-state index in [4.69, 9.17) is 10.2 Å². The maximum atomic E-state index is 7.93. The first-order valence-electron chi connectivity index (χ1n) is 4.67. The summed E-state index contributed by atoms with van der Waals surface area (Å²) in [6.45, 7) is 9.00. The van der Waals surface area contributed by atoms with Crippen molar-refractivity contribution < 1.29 is 25.0 Å². The molecule has 0 heterocycles. The Morgan fingerprint density at radius 3 is 1.47 bits per heavy atom. The van der Waals surface area contributed by atoms with Crippen molar-refractivity contribution in [3.05, 3.63) is 0 Å². The van der Waals surface area contributed by atoms with Crippen LogP contribution in [0, 0.1) is 11.8 Å². The molecule has 0 aromatic rings. The van der Waals surface area contributed by atoms with Crippen molar-refractivity contribution in [2.24, 2.45) is 0 Å². The summed E-state index contributed by atoms with van der Waals surface area (Å²) >= 11 is 0. The molecule has 0 fully saturated rings. The molecule has 2 N–H and O–H groups in total. The molecule has 0 aliphatic carbocycles. The third-order valence-corrected chi connectivity index (χ3v) is 0.737. The zero-order valence-corrected chi connectivity index (χ0v) is 9.85. The average molecular weight is 220 g/mol. The van der Waals surface area contributed by atoms with Gasteiger partial charge in [0.2, 0.25) is 6.29 Å². The molecule has 0 aromatic heterocycles. The molecule has 5 heteroatoms. The number of hydrogen-bond acceptors (Lipinski definition) is 5. The first kappa shape index (κ1) is 16.8. The Morgan fingerprint density at radius 1 is 0.933 bits per heavy atom. The first-order chi connectivity index (χ1) is 6.90. The van der Waals surface area contributed by atoms with Gasteiger partial charge in [0.1, 0.15) is 0 Å². The van der Waals surface area contributed by atoms with E-state index in [0.717, 1.165) is 0 Å². The summed E-state index contributed by atoms with van der Waals surface area (Å²) in [5.74, 6) is 4.39. The second kappa shape index (κ2) is 11.4. The fourth-order valence-electron chi connectivity index (χ4n) is 0.309. The van der Waals surface area contributed by atoms with Crippen molar-refractivity contribution in [3.8, 4) is 11.8 Å². The van der Waals surface area contributed by atoms with Gasteiger partial charge in [-0.2, -0.15) is 0 Å². The molecule has 0 aliphatic heterocycles. The number of aliphatic hydroxyl groups is 2. The van der Waals surface area contributed by atoms with Crippen LogP contribution in [-0.2, 0) is 14.8 Å². The largest absolute Gasteiger partial charge is 0.358 e. The Kier molecular flexibility index (Phi) is 12.8. The van der Waals surface area contributed by atoms with Crippen LogP contribution in [-0.4, -0.2) is 28.7 Å². The average Bonchev–Trinajstić information content (AvgIpc) is 2.03. The molecule has 0 aromatic carbocycles. The van der Waals surface area contributed by atoms with Crippen molar-refractivity contribution >= 4 is 0 Å². The minimum atomic E-state index is -1.46. The van der Waals surface area contributed by atoms with E-state index in [0.29, 0.717) is 0 Å². The van der Waals surface area contributed by atoms with Gasteiger partial charge in [-0.25, -0.2) is 9.78 Å². The Balaban J connectivity index is 0. The number of rotatable bonds is 4. The normalized spacial score (nSPS) is 9.73. The highest BCUT2D eigenvalue weighted by atomic mass is 17.5. The van der Waals surface area contributed by atoms with Gasteiger partial charge in [0.15, 0.2) is 0 Å². The molecule has 0 aliphatic rings. The number of aliphatic hydroxyl groups excluding tert-OH is 1. The van der Waals surface area contributed by atoms with E-state index >= 15 is 0 Å². The Hall–Kier alpha value is -0.640. The summed E-state index contributed by atoms with van der Waals surface area (Å²) in [5, 5.41) is 20.2. The van der Waals surface area contributed by atoms with Gasteiger partial charge < -0.3 is 10.2 Å². The van der Waals surface area contributed by atoms with Crippen LogP contribution in [0.4, 0.5) is 0 Å². The van der Waals surface area contributed by atoms with E-state index in [-0.39, 0.29) is 12.2 Å². The summed E-state index contributed by atoms with van der Waals surface area (Å²) in [6, 6.07) is 0. The molecule has 5 nitrogen and oxygen atoms in total. The van der Waals surface area contributed by atoms with Crippen LogP contribution in [0.2, 0.25) is 0 Å². The smallest absolute Gasteiger partial charge is 0.217 e. The fourth-order valence-corrected chi connectivity index (χ4v) is 0.309. The minimum absolute atomic E-state index is 0.0451. The summed E-state index contributed by atoms with van der Waals surface area (Å²) < 4.78 is 0. The van der Waals surface area contributed by atoms with Crippen LogP contribution in [0.25, 0.3) is 0 Å². The van der Waals surface area contributed by atoms with Crippen molar-refractivity contribution in [1.29, 1.82) is 0 Å². The fraction of sp³-hybridized carbons (Fsp3) is 0.800. The lowest BCUT2D eigenvalue weighted by Gasteiger charge is -2.06. The lowest BCUT2D eigenvalue weighted by molar-refractivity contribution is -0.533. The van der Waals surface area contributed by atoms with E-state index in [9.17, 15) is 0 Å². The highest BCUT2D eigenvalue weighted by molar-refractivity contribution is 4.96. The van der Waals surface area contributed by atoms with Crippen molar-refractivity contribution in [3.63, 3.8) is 0 Å². The Bertz CT molecular complexity index is 170. The van der Waals surface area contributed by atoms with Gasteiger partial charge in [-0.3, -0.25) is 0 Å². The standard InChI is InChI=1S/C6H14O3.C4H6O2/c1-5(2)7-9-8-6(3)4;1-2-3-4(5)6/h5-6H,1-4H3;4-6H,1H3. The van der Waals surface area contributed by atoms with E-state index in [2.05, 4.69) is 26.7 Å². The molecule has 0 unspecified atom stereocenters. The summed E-state index contributed by atoms with van der Waals surface area (Å²) in [5.41, 5.74) is 0. The Morgan fingerprint density at radius 2 is 1.33 bits per heavy atom. The quantitative estimate of drug-likeness (QED) is 0.320. The zero-order valence-electron chi connectivity index (χ0n) is 9.85. The highest BCUT2D eigenvalue weighted by Crippen LogP contribution is 1.93. The van der Waals surface area contributed by atoms with E-state index in [1.165, 1.54) is 0 Å². The van der Waals surface area contributed by atoms with Crippen LogP contribution in [0.5, 0.6) is 0 Å². The molecular weight excluding hydrogens is 200 g/mol. The molecule has 0 amide bonds. The van der Waals surface area contributed by atoms with Gasteiger partial charge in [-0.1, -0.05) is 5.04 Å². The van der Waals surface area contributed by atoms with Gasteiger partial charge in [-0.05, 0) is 40.5 Å². The number of hydrogen-bond donors (Lipinski definition) is 2. The van der Waals surface area contributed by atoms with Crippen molar-refractivity contribution in [2.75, 3.05) is 0 Å². The lowest BCUT2D eigenvalue weighted by Crippen LogP contribution is -2.08. The van der Waals surface area contributed by atoms with Gasteiger partial charge in [0, 0.05) is 0 Å². The van der Waals surface area contributed by atoms with E-state index in [1.807, 2.05) is 27.7 Å². The molecular formula is C10H20O5. The predicted molar refractivity (Wildman–Crippen MR) is 55.2 cm³/mol. The predicted octanol–water partition coefficient (Wildman–Crippen LogP) is 1.00. The summed E-state index contributed by atoms with van der Waals surface area (Å²) in [6.07, 6.45) is -1.37. The maximum Gasteiger partial charge on any atom is 0.217 e. The lowest BCUT2D eigenvalue weighted by atomic mass is 10.5. The molecule has 90 valence electrons. The zero-order chi connectivity index (χ0) is 12.3. The van der Waals surface area contributed by atoms with Crippen molar-refractivity contribution in [1.82, 2.24) is 0 Å². The molecule has 15 heavy (non-hydrogen) atoms. The monoisotopic (exact) mass is 220 g/mol. The molecule has 0 saturated carbocycles. The van der Waals surface area contributed by atoms with Crippen molar-refractivity contribution in [2.45, 2.75) is 53.1 Å². The Labute approximate surface area is 90.8 Å². The molecule has 0 radical (unpaired) electrons. The van der Waals surface area contributed by atoms with Gasteiger partial charge >= 0.3 is 0 Å². The topological polar surface area (TPSA) is 68.2 Å². The van der Waals surface area contributed by atoms with Gasteiger partial charge in [0.25, 0.3) is 0 Å². The second-order valence-corrected chi connectivity index (χ2v) is 3.13. The van der Waals surface area contributed by atoms with E-state index in [1.54, 1.807) is 6.92 Å². The minimum Gasteiger partial charge on any atom is -0.358 e. The van der Waals surface area contributed by atoms with E-state index < -0.39 is 6.29 Å². The third kappa shape index (κ3) is 24.7. The van der Waals surface area contributed by atoms with Crippen LogP contribution < -0.4 is 0 Å². The summed E-state index contributed by atoms with van der Waals surface area (Å²) in [7, 11) is 0. The molecule has 0 spiro atoms. The van der Waals surface area contributed by atoms with Gasteiger partial charge in [-0.15, -0.1) is 5.92 Å². The molecule has 0 rings (SSSR count). The van der Waals surface area contributed by atoms with Gasteiger partial charge in [0.05, 0.1) is 12.2 Å². The van der Waals surface area contributed by atoms with Crippen LogP contribution in [0.3, 0.4) is 0 Å². The van der Waals surface area contributed by atoms with Crippen LogP contribution in [0.1, 0.15) is 34.6 Å². The summed E-state index contributed by atoms with van der Waals surface area (Å²) in [4.78, 5) is 9.26. The molecule has 0 saturated heterocycles. The molecule has 0 atom stereocenters. The first-order valence-corrected chi connectivity index (χ1v) is 4.67. The highest BCUT2D eigenvalue weighted by Gasteiger charge is 1.96. The van der Waals surface area contributed by atoms with Crippen LogP contribution in [0.15, 0.2) is 0 Å².